The van der Waals surface area contributed by atoms with E-state index in [-0.39, 0.29) is 17.3 Å². The lowest BCUT2D eigenvalue weighted by atomic mass is 10.2. The molecule has 4 rings (SSSR count). The minimum atomic E-state index is -0.503. The summed E-state index contributed by atoms with van der Waals surface area (Å²) in [4.78, 5) is 19.7. The molecule has 3 aromatic carbocycles. The smallest absolute Gasteiger partial charge is 0.334 e. The van der Waals surface area contributed by atoms with Gasteiger partial charge in [-0.25, -0.2) is 9.97 Å². The van der Waals surface area contributed by atoms with E-state index >= 15 is 0 Å². The van der Waals surface area contributed by atoms with Gasteiger partial charge in [-0.2, -0.15) is 0 Å². The van der Waals surface area contributed by atoms with Gasteiger partial charge < -0.3 is 5.32 Å². The normalized spacial score (nSPS) is 10.4. The van der Waals surface area contributed by atoms with Crippen molar-refractivity contribution in [2.24, 2.45) is 0 Å². The lowest BCUT2D eigenvalue weighted by Gasteiger charge is -2.26. The summed E-state index contributed by atoms with van der Waals surface area (Å²) < 4.78 is 0.840. The Bertz CT molecular complexity index is 1150. The number of benzene rings is 3. The number of nitro groups is 1. The minimum absolute atomic E-state index is 0.0604. The van der Waals surface area contributed by atoms with Crippen LogP contribution in [0.1, 0.15) is 0 Å². The van der Waals surface area contributed by atoms with Crippen molar-refractivity contribution in [3.8, 4) is 0 Å². The predicted molar refractivity (Wildman–Crippen MR) is 125 cm³/mol. The van der Waals surface area contributed by atoms with Crippen LogP contribution in [-0.4, -0.2) is 14.9 Å². The van der Waals surface area contributed by atoms with Gasteiger partial charge in [0.05, 0.1) is 16.3 Å². The zero-order valence-corrected chi connectivity index (χ0v) is 17.7. The Morgan fingerprint density at radius 1 is 0.839 bits per heavy atom. The summed E-state index contributed by atoms with van der Waals surface area (Å²) in [6.07, 6.45) is 1.28. The van der Waals surface area contributed by atoms with Gasteiger partial charge in [-0.3, -0.25) is 20.5 Å². The van der Waals surface area contributed by atoms with Crippen LogP contribution in [0.2, 0.25) is 0 Å². The van der Waals surface area contributed by atoms with Gasteiger partial charge in [0.15, 0.2) is 0 Å². The van der Waals surface area contributed by atoms with Crippen LogP contribution in [0.4, 0.5) is 34.4 Å². The molecule has 0 bridgehead atoms. The number of para-hydroxylation sites is 2. The van der Waals surface area contributed by atoms with Crippen LogP contribution < -0.4 is 15.8 Å². The van der Waals surface area contributed by atoms with E-state index in [9.17, 15) is 10.1 Å². The molecule has 2 N–H and O–H groups in total. The Morgan fingerprint density at radius 2 is 1.45 bits per heavy atom. The van der Waals surface area contributed by atoms with E-state index in [0.29, 0.717) is 5.69 Å². The van der Waals surface area contributed by atoms with Crippen LogP contribution in [0.25, 0.3) is 0 Å². The number of hydrazine groups is 1. The van der Waals surface area contributed by atoms with Crippen molar-refractivity contribution in [1.82, 2.24) is 9.97 Å². The molecule has 0 spiro atoms. The van der Waals surface area contributed by atoms with Crippen molar-refractivity contribution in [3.63, 3.8) is 0 Å². The molecule has 8 nitrogen and oxygen atoms in total. The Kier molecular flexibility index (Phi) is 6.04. The van der Waals surface area contributed by atoms with E-state index in [1.165, 1.54) is 6.33 Å². The van der Waals surface area contributed by atoms with Gasteiger partial charge in [0.2, 0.25) is 11.6 Å². The maximum Gasteiger partial charge on any atom is 0.355 e. The van der Waals surface area contributed by atoms with Crippen molar-refractivity contribution < 1.29 is 4.92 Å². The highest BCUT2D eigenvalue weighted by Gasteiger charge is 2.25. The molecular formula is C22H17BrN6O2. The van der Waals surface area contributed by atoms with E-state index in [4.69, 9.17) is 0 Å². The molecule has 0 saturated heterocycles. The summed E-state index contributed by atoms with van der Waals surface area (Å²) in [5.41, 5.74) is 5.07. The van der Waals surface area contributed by atoms with E-state index < -0.39 is 4.92 Å². The van der Waals surface area contributed by atoms with Gasteiger partial charge in [-0.1, -0.05) is 58.4 Å². The summed E-state index contributed by atoms with van der Waals surface area (Å²) in [6, 6.07) is 26.2. The molecule has 0 unspecified atom stereocenters. The fraction of sp³-hybridized carbons (Fsp3) is 0. The first-order valence-electron chi connectivity index (χ1n) is 9.30. The minimum Gasteiger partial charge on any atom is -0.334 e. The first-order chi connectivity index (χ1) is 15.1. The molecule has 154 valence electrons. The van der Waals surface area contributed by atoms with E-state index in [1.807, 2.05) is 72.8 Å². The summed E-state index contributed by atoms with van der Waals surface area (Å²) in [5.74, 6) is 0.145. The van der Waals surface area contributed by atoms with Crippen LogP contribution in [-0.2, 0) is 0 Å². The van der Waals surface area contributed by atoms with Gasteiger partial charge in [0.1, 0.15) is 6.33 Å². The zero-order chi connectivity index (χ0) is 21.6. The first-order valence-corrected chi connectivity index (χ1v) is 10.1. The topological polar surface area (TPSA) is 96.2 Å². The number of nitrogens with one attached hydrogen (secondary N) is 2. The average molecular weight is 477 g/mol. The number of hydrogen-bond acceptors (Lipinski definition) is 7. The SMILES string of the molecule is O=[N+]([O-])c1c(Nc2cccc(Br)c2)ncnc1NN(c1ccccc1)c1ccccc1. The van der Waals surface area contributed by atoms with Gasteiger partial charge in [0.25, 0.3) is 0 Å². The summed E-state index contributed by atoms with van der Waals surface area (Å²) in [5, 5.41) is 16.7. The van der Waals surface area contributed by atoms with Gasteiger partial charge in [-0.15, -0.1) is 0 Å². The van der Waals surface area contributed by atoms with Crippen molar-refractivity contribution in [1.29, 1.82) is 0 Å². The highest BCUT2D eigenvalue weighted by atomic mass is 79.9. The molecule has 9 heteroatoms. The van der Waals surface area contributed by atoms with Gasteiger partial charge in [-0.05, 0) is 42.5 Å². The van der Waals surface area contributed by atoms with E-state index in [0.717, 1.165) is 15.8 Å². The van der Waals surface area contributed by atoms with Crippen molar-refractivity contribution in [3.05, 3.63) is 106 Å². The largest absolute Gasteiger partial charge is 0.355 e. The number of anilines is 5. The van der Waals surface area contributed by atoms with Crippen molar-refractivity contribution >= 4 is 50.3 Å². The molecule has 0 amide bonds. The molecule has 0 aliphatic rings. The molecule has 0 atom stereocenters. The van der Waals surface area contributed by atoms with Crippen LogP contribution in [0.5, 0.6) is 0 Å². The third-order valence-electron chi connectivity index (χ3n) is 4.34. The van der Waals surface area contributed by atoms with Gasteiger partial charge >= 0.3 is 5.69 Å². The fourth-order valence-electron chi connectivity index (χ4n) is 2.97. The molecule has 1 aromatic heterocycles. The number of aromatic nitrogens is 2. The predicted octanol–water partition coefficient (Wildman–Crippen LogP) is 6.06. The summed E-state index contributed by atoms with van der Waals surface area (Å²) in [6.45, 7) is 0. The highest BCUT2D eigenvalue weighted by molar-refractivity contribution is 9.10. The fourth-order valence-corrected chi connectivity index (χ4v) is 3.37. The molecule has 31 heavy (non-hydrogen) atoms. The molecule has 4 aromatic rings. The molecule has 0 aliphatic carbocycles. The van der Waals surface area contributed by atoms with Crippen LogP contribution in [0, 0.1) is 10.1 Å². The maximum atomic E-state index is 12.0. The molecule has 0 radical (unpaired) electrons. The Hall–Kier alpha value is -3.98. The van der Waals surface area contributed by atoms with Crippen LogP contribution in [0.3, 0.4) is 0 Å². The van der Waals surface area contributed by atoms with E-state index in [2.05, 4.69) is 36.6 Å². The lowest BCUT2D eigenvalue weighted by Crippen LogP contribution is -2.26. The number of halogens is 1. The third-order valence-corrected chi connectivity index (χ3v) is 4.83. The highest BCUT2D eigenvalue weighted by Crippen LogP contribution is 2.34. The quantitative estimate of drug-likeness (QED) is 0.247. The summed E-state index contributed by atoms with van der Waals surface area (Å²) in [7, 11) is 0. The number of nitrogens with zero attached hydrogens (tertiary/aromatic N) is 4. The number of hydrogen-bond donors (Lipinski definition) is 2. The van der Waals surface area contributed by atoms with Crippen molar-refractivity contribution in [2.75, 3.05) is 15.8 Å². The number of rotatable bonds is 7. The first kappa shape index (κ1) is 20.3. The Balaban J connectivity index is 1.75. The molecule has 1 heterocycles. The Morgan fingerprint density at radius 3 is 2.03 bits per heavy atom. The molecular weight excluding hydrogens is 460 g/mol. The average Bonchev–Trinajstić information content (AvgIpc) is 2.78. The lowest BCUT2D eigenvalue weighted by molar-refractivity contribution is -0.383. The second-order valence-electron chi connectivity index (χ2n) is 6.43. The molecule has 0 aliphatic heterocycles. The Labute approximate surface area is 186 Å². The second kappa shape index (κ2) is 9.23. The zero-order valence-electron chi connectivity index (χ0n) is 16.1. The summed E-state index contributed by atoms with van der Waals surface area (Å²) >= 11 is 3.40. The third kappa shape index (κ3) is 4.78. The molecule has 0 saturated carbocycles. The van der Waals surface area contributed by atoms with Gasteiger partial charge in [0, 0.05) is 10.2 Å². The molecule has 0 fully saturated rings. The van der Waals surface area contributed by atoms with Crippen LogP contribution >= 0.6 is 15.9 Å². The standard InChI is InChI=1S/C22H17BrN6O2/c23-16-8-7-9-17(14-16)26-21-20(29(30)31)22(25-15-24-21)27-28(18-10-3-1-4-11-18)19-12-5-2-6-13-19/h1-15H,(H2,24,25,26,27). The van der Waals surface area contributed by atoms with Crippen molar-refractivity contribution in [2.45, 2.75) is 0 Å². The maximum absolute atomic E-state index is 12.0. The monoisotopic (exact) mass is 476 g/mol. The second-order valence-corrected chi connectivity index (χ2v) is 7.35. The van der Waals surface area contributed by atoms with E-state index in [1.54, 1.807) is 17.1 Å². The van der Waals surface area contributed by atoms with Crippen LogP contribution in [0.15, 0.2) is 95.7 Å².